The largest absolute Gasteiger partial charge is 0.512 e. The summed E-state index contributed by atoms with van der Waals surface area (Å²) >= 11 is 1.91. The van der Waals surface area contributed by atoms with Crippen molar-refractivity contribution >= 4 is 61.3 Å². The molecule has 0 aliphatic heterocycles. The third-order valence-electron chi connectivity index (χ3n) is 9.74. The number of thiophene rings is 1. The molecule has 0 saturated carbocycles. The molecule has 1 N–H and O–H groups in total. The molecule has 0 aliphatic rings. The summed E-state index contributed by atoms with van der Waals surface area (Å²) in [5.74, 6) is 2.08. The molecule has 5 rings (SSSR count). The van der Waals surface area contributed by atoms with Crippen molar-refractivity contribution in [3.63, 3.8) is 0 Å². The predicted octanol–water partition coefficient (Wildman–Crippen LogP) is 12.6. The topological polar surface area (TPSA) is 50.2 Å². The molecule has 3 aromatic carbocycles. The Morgan fingerprint density at radius 2 is 1.32 bits per heavy atom. The van der Waals surface area contributed by atoms with Crippen molar-refractivity contribution in [3.8, 4) is 11.3 Å². The molecule has 0 unspecified atom stereocenters. The van der Waals surface area contributed by atoms with Gasteiger partial charge in [-0.05, 0) is 51.6 Å². The molecule has 0 amide bonds. The first kappa shape index (κ1) is 41.8. The van der Waals surface area contributed by atoms with Crippen LogP contribution in [-0.2, 0) is 24.9 Å². The summed E-state index contributed by atoms with van der Waals surface area (Å²) in [5, 5.41) is 16.9. The molecule has 6 heteroatoms. The summed E-state index contributed by atoms with van der Waals surface area (Å²) in [6.45, 7) is 28.4. The van der Waals surface area contributed by atoms with Gasteiger partial charge >= 0.3 is 0 Å². The van der Waals surface area contributed by atoms with Gasteiger partial charge in [0.1, 0.15) is 0 Å². The van der Waals surface area contributed by atoms with Crippen LogP contribution in [0.5, 0.6) is 0 Å². The summed E-state index contributed by atoms with van der Waals surface area (Å²) < 4.78 is 2.71. The summed E-state index contributed by atoms with van der Waals surface area (Å²) in [7, 11) is -1.44. The monoisotopic (exact) mass is 885 g/mol. The Morgan fingerprint density at radius 3 is 1.88 bits per heavy atom. The molecule has 3 nitrogen and oxygen atoms in total. The molecular weight excluding hydrogens is 827 g/mol. The van der Waals surface area contributed by atoms with E-state index in [2.05, 4.69) is 150 Å². The quantitative estimate of drug-likeness (QED) is 0.0658. The van der Waals surface area contributed by atoms with Crippen LogP contribution in [0.25, 0.3) is 42.2 Å². The van der Waals surface area contributed by atoms with Crippen molar-refractivity contribution < 1.29 is 30.0 Å². The number of allylic oxidation sites excluding steroid dienone is 2. The van der Waals surface area contributed by atoms with E-state index >= 15 is 0 Å². The second-order valence-electron chi connectivity index (χ2n) is 16.4. The molecule has 0 saturated heterocycles. The fourth-order valence-electron chi connectivity index (χ4n) is 7.59. The Labute approximate surface area is 320 Å². The van der Waals surface area contributed by atoms with Crippen LogP contribution < -0.4 is 5.19 Å². The Balaban J connectivity index is 0.000000296. The number of aromatic nitrogens is 1. The second kappa shape index (κ2) is 17.3. The van der Waals surface area contributed by atoms with E-state index in [4.69, 9.17) is 4.98 Å². The van der Waals surface area contributed by atoms with Crippen molar-refractivity contribution in [3.05, 3.63) is 84.3 Å². The molecule has 2 aromatic heterocycles. The zero-order valence-corrected chi connectivity index (χ0v) is 36.6. The summed E-state index contributed by atoms with van der Waals surface area (Å²) in [6, 6.07) is 23.6. The minimum absolute atomic E-state index is 0. The number of aliphatic hydroxyl groups is 1. The number of carbonyl (C=O) groups is 1. The van der Waals surface area contributed by atoms with Crippen LogP contribution in [0.3, 0.4) is 0 Å². The van der Waals surface area contributed by atoms with Crippen molar-refractivity contribution in [2.24, 2.45) is 35.5 Å². The third-order valence-corrected chi connectivity index (χ3v) is 13.2. The molecule has 0 fully saturated rings. The van der Waals surface area contributed by atoms with E-state index in [1.54, 1.807) is 0 Å². The average molecular weight is 885 g/mol. The van der Waals surface area contributed by atoms with Gasteiger partial charge in [0.25, 0.3) is 0 Å². The average Bonchev–Trinajstić information content (AvgIpc) is 3.38. The number of benzene rings is 3. The number of carbonyl (C=O) groups excluding carboxylic acids is 1. The van der Waals surface area contributed by atoms with Gasteiger partial charge in [0.05, 0.1) is 13.8 Å². The maximum Gasteiger partial charge on any atom is 0.162 e. The molecule has 0 bridgehead atoms. The van der Waals surface area contributed by atoms with Crippen LogP contribution in [0.1, 0.15) is 80.7 Å². The van der Waals surface area contributed by atoms with E-state index < -0.39 is 8.07 Å². The number of nitrogens with zero attached hydrogens (tertiary/aromatic N) is 1. The number of ketones is 1. The van der Waals surface area contributed by atoms with Gasteiger partial charge in [0.15, 0.2) is 5.78 Å². The van der Waals surface area contributed by atoms with Crippen LogP contribution >= 0.6 is 11.3 Å². The van der Waals surface area contributed by atoms with Gasteiger partial charge in [-0.1, -0.05) is 136 Å². The molecule has 271 valence electrons. The SMILES string of the molecule is CC(C)C(C(=O)/C=C(\O)C(C(C)C)C(C)C)C(C)C.CC(C)c1cc(-c2nccc3c2sc2c([Si](C)(C)C)cccc23)[c-]c2ccccc12.[Ir]. The van der Waals surface area contributed by atoms with Crippen LogP contribution in [0.15, 0.2) is 72.6 Å². The molecule has 2 heterocycles. The van der Waals surface area contributed by atoms with Gasteiger partial charge in [-0.3, -0.25) is 9.78 Å². The first-order chi connectivity index (χ1) is 22.9. The zero-order chi connectivity index (χ0) is 36.4. The van der Waals surface area contributed by atoms with E-state index in [0.717, 1.165) is 11.3 Å². The van der Waals surface area contributed by atoms with Crippen LogP contribution in [0.4, 0.5) is 0 Å². The standard InChI is InChI=1S/C27H26NSSi.C17H32O2.Ir/c1-17(2)23-16-19(15-18-9-6-7-10-20(18)23)25-27-22(13-14-28-25)21-11-8-12-24(26(21)29-27)30(3,4)5;1-10(2)16(11(3)4)14(18)9-15(19)17(12(5)6)13(7)8;/h6-14,16-17H,1-5H3;9-13,16-18H,1-8H3;/q-1;;/b;14-9-;. The normalized spacial score (nSPS) is 12.7. The maximum absolute atomic E-state index is 12.3. The molecule has 50 heavy (non-hydrogen) atoms. The number of fused-ring (bicyclic) bond motifs is 4. The number of aliphatic hydroxyl groups excluding tert-OH is 1. The number of hydrogen-bond acceptors (Lipinski definition) is 4. The summed E-state index contributed by atoms with van der Waals surface area (Å²) in [4.78, 5) is 17.2. The fourth-order valence-corrected chi connectivity index (χ4v) is 11.3. The number of pyridine rings is 1. The predicted molar refractivity (Wildman–Crippen MR) is 218 cm³/mol. The first-order valence-electron chi connectivity index (χ1n) is 18.1. The minimum atomic E-state index is -1.44. The Morgan fingerprint density at radius 1 is 0.760 bits per heavy atom. The van der Waals surface area contributed by atoms with Gasteiger partial charge in [-0.2, -0.15) is 0 Å². The van der Waals surface area contributed by atoms with Crippen molar-refractivity contribution in [2.75, 3.05) is 0 Å². The van der Waals surface area contributed by atoms with Gasteiger partial charge in [0.2, 0.25) is 0 Å². The minimum Gasteiger partial charge on any atom is -0.512 e. The van der Waals surface area contributed by atoms with E-state index in [0.29, 0.717) is 29.6 Å². The smallest absolute Gasteiger partial charge is 0.162 e. The van der Waals surface area contributed by atoms with Crippen LogP contribution in [-0.4, -0.2) is 23.9 Å². The van der Waals surface area contributed by atoms with E-state index in [-0.39, 0.29) is 43.5 Å². The molecule has 0 spiro atoms. The number of rotatable bonds is 10. The molecule has 5 aromatic rings. The molecular formula is C44H58IrNO2SSi-. The third kappa shape index (κ3) is 9.23. The van der Waals surface area contributed by atoms with Gasteiger partial charge in [-0.25, -0.2) is 0 Å². The van der Waals surface area contributed by atoms with E-state index in [1.807, 2.05) is 17.5 Å². The van der Waals surface area contributed by atoms with E-state index in [1.165, 1.54) is 47.8 Å². The Kier molecular flexibility index (Phi) is 14.4. The van der Waals surface area contributed by atoms with Gasteiger partial charge < -0.3 is 5.11 Å². The van der Waals surface area contributed by atoms with Crippen molar-refractivity contribution in [2.45, 2.75) is 94.8 Å². The van der Waals surface area contributed by atoms with Crippen molar-refractivity contribution in [1.29, 1.82) is 0 Å². The van der Waals surface area contributed by atoms with E-state index in [9.17, 15) is 9.90 Å². The van der Waals surface area contributed by atoms with Crippen LogP contribution in [0.2, 0.25) is 19.6 Å². The first-order valence-corrected chi connectivity index (χ1v) is 22.5. The Bertz CT molecular complexity index is 1930. The summed E-state index contributed by atoms with van der Waals surface area (Å²) in [6.07, 6.45) is 3.44. The van der Waals surface area contributed by atoms with Gasteiger partial charge in [0, 0.05) is 59.3 Å². The zero-order valence-electron chi connectivity index (χ0n) is 32.4. The number of hydrogen-bond donors (Lipinski definition) is 1. The fraction of sp³-hybridized carbons (Fsp3) is 0.455. The maximum atomic E-state index is 12.3. The van der Waals surface area contributed by atoms with Gasteiger partial charge in [-0.15, -0.1) is 40.5 Å². The summed E-state index contributed by atoms with van der Waals surface area (Å²) in [5.41, 5.74) is 3.52. The molecule has 0 aliphatic carbocycles. The van der Waals surface area contributed by atoms with Crippen molar-refractivity contribution in [1.82, 2.24) is 4.98 Å². The molecule has 1 radical (unpaired) electrons. The molecule has 0 atom stereocenters. The van der Waals surface area contributed by atoms with Crippen LogP contribution in [0, 0.1) is 41.6 Å². The Hall–Kier alpha value is -2.63. The second-order valence-corrected chi connectivity index (χ2v) is 22.5.